The molecule has 140 valence electrons. The summed E-state index contributed by atoms with van der Waals surface area (Å²) >= 11 is -0.472. The van der Waals surface area contributed by atoms with Gasteiger partial charge < -0.3 is 11.5 Å². The second kappa shape index (κ2) is 10.9. The second-order valence-electron chi connectivity index (χ2n) is 5.94. The molecule has 0 aliphatic carbocycles. The van der Waals surface area contributed by atoms with Crippen LogP contribution in [0.1, 0.15) is 16.7 Å². The van der Waals surface area contributed by atoms with Crippen LogP contribution < -0.4 is 11.5 Å². The van der Waals surface area contributed by atoms with Crippen molar-refractivity contribution in [3.05, 3.63) is 108 Å². The molecule has 0 amide bonds. The molecule has 0 aromatic heterocycles. The number of hydrogen-bond donors (Lipinski definition) is 2. The standard InChI is InChI=1S/C21H22N2.2ClH.Pt/c22-20(16-17-10-4-1-5-11-17)21(23,18-12-6-2-7-13-18)19-14-8-3-9-15-19;;;/h1-15,20H,16,22-23H2;2*1H;/q;;;+2/p-2. The predicted molar refractivity (Wildman–Crippen MR) is 108 cm³/mol. The summed E-state index contributed by atoms with van der Waals surface area (Å²) in [6.07, 6.45) is 0.723. The zero-order chi connectivity index (χ0) is 18.8. The van der Waals surface area contributed by atoms with Gasteiger partial charge in [-0.05, 0) is 23.1 Å². The third kappa shape index (κ3) is 5.42. The molecular formula is C21H22Cl2N2Pt. The molecule has 2 nitrogen and oxygen atoms in total. The van der Waals surface area contributed by atoms with E-state index in [1.807, 2.05) is 54.6 Å². The number of rotatable bonds is 5. The van der Waals surface area contributed by atoms with Crippen LogP contribution in [0.15, 0.2) is 91.0 Å². The summed E-state index contributed by atoms with van der Waals surface area (Å²) < 4.78 is 0. The van der Waals surface area contributed by atoms with Crippen LogP contribution in [0, 0.1) is 0 Å². The zero-order valence-electron chi connectivity index (χ0n) is 14.2. The van der Waals surface area contributed by atoms with E-state index in [-0.39, 0.29) is 6.04 Å². The van der Waals surface area contributed by atoms with Crippen molar-refractivity contribution in [2.45, 2.75) is 18.0 Å². The molecule has 3 aromatic rings. The molecule has 0 radical (unpaired) electrons. The summed E-state index contributed by atoms with van der Waals surface area (Å²) in [6, 6.07) is 30.3. The summed E-state index contributed by atoms with van der Waals surface area (Å²) in [5.74, 6) is 0. The Hall–Kier alpha value is -1.15. The van der Waals surface area contributed by atoms with Crippen LogP contribution in [0.5, 0.6) is 0 Å². The number of benzene rings is 3. The monoisotopic (exact) mass is 567 g/mol. The minimum atomic E-state index is -0.724. The van der Waals surface area contributed by atoms with E-state index < -0.39 is 22.0 Å². The Morgan fingerprint density at radius 2 is 1.08 bits per heavy atom. The van der Waals surface area contributed by atoms with Gasteiger partial charge in [0.15, 0.2) is 0 Å². The molecule has 3 aromatic carbocycles. The van der Waals surface area contributed by atoms with Crippen molar-refractivity contribution < 1.29 is 16.5 Å². The molecule has 0 bridgehead atoms. The van der Waals surface area contributed by atoms with Gasteiger partial charge in [-0.1, -0.05) is 91.0 Å². The fourth-order valence-corrected chi connectivity index (χ4v) is 3.05. The molecule has 0 fully saturated rings. The zero-order valence-corrected chi connectivity index (χ0v) is 18.0. The van der Waals surface area contributed by atoms with E-state index in [0.717, 1.165) is 17.5 Å². The minimum absolute atomic E-state index is 0.227. The molecule has 1 unspecified atom stereocenters. The van der Waals surface area contributed by atoms with Gasteiger partial charge in [0.05, 0.1) is 5.54 Å². The molecule has 1 atom stereocenters. The van der Waals surface area contributed by atoms with Crippen molar-refractivity contribution in [2.24, 2.45) is 11.5 Å². The van der Waals surface area contributed by atoms with E-state index in [9.17, 15) is 0 Å². The van der Waals surface area contributed by atoms with Crippen LogP contribution >= 0.6 is 18.8 Å². The van der Waals surface area contributed by atoms with E-state index in [2.05, 4.69) is 36.4 Å². The fourth-order valence-electron chi connectivity index (χ4n) is 3.05. The Labute approximate surface area is 171 Å². The molecule has 0 saturated carbocycles. The molecule has 0 aliphatic rings. The van der Waals surface area contributed by atoms with Crippen molar-refractivity contribution in [1.82, 2.24) is 0 Å². The van der Waals surface area contributed by atoms with Crippen LogP contribution in [0.25, 0.3) is 0 Å². The Morgan fingerprint density at radius 3 is 1.46 bits per heavy atom. The van der Waals surface area contributed by atoms with Gasteiger partial charge >= 0.3 is 35.3 Å². The summed E-state index contributed by atoms with van der Waals surface area (Å²) in [5.41, 5.74) is 16.1. The Bertz CT molecular complexity index is 715. The van der Waals surface area contributed by atoms with Gasteiger partial charge in [-0.2, -0.15) is 0 Å². The van der Waals surface area contributed by atoms with Crippen molar-refractivity contribution in [2.75, 3.05) is 0 Å². The van der Waals surface area contributed by atoms with Crippen molar-refractivity contribution >= 4 is 18.8 Å². The first-order valence-electron chi connectivity index (χ1n) is 8.14. The summed E-state index contributed by atoms with van der Waals surface area (Å²) in [6.45, 7) is 0. The van der Waals surface area contributed by atoms with Gasteiger partial charge in [0.1, 0.15) is 0 Å². The SMILES string of the molecule is NC(Cc1ccccc1)C(N)(c1ccccc1)c1ccccc1.[Cl][Pt][Cl]. The summed E-state index contributed by atoms with van der Waals surface area (Å²) in [5, 5.41) is 0. The molecule has 0 saturated heterocycles. The maximum atomic E-state index is 6.91. The maximum absolute atomic E-state index is 6.91. The Morgan fingerprint density at radius 1 is 0.731 bits per heavy atom. The number of nitrogens with two attached hydrogens (primary N) is 2. The van der Waals surface area contributed by atoms with Gasteiger partial charge in [0.25, 0.3) is 0 Å². The molecule has 0 heterocycles. The van der Waals surface area contributed by atoms with Gasteiger partial charge in [0.2, 0.25) is 0 Å². The van der Waals surface area contributed by atoms with Crippen LogP contribution in [0.3, 0.4) is 0 Å². The van der Waals surface area contributed by atoms with E-state index in [0.29, 0.717) is 0 Å². The first-order chi connectivity index (χ1) is 12.6. The van der Waals surface area contributed by atoms with Crippen LogP contribution in [0.4, 0.5) is 0 Å². The van der Waals surface area contributed by atoms with E-state index in [4.69, 9.17) is 30.3 Å². The molecule has 0 aliphatic heterocycles. The fraction of sp³-hybridized carbons (Fsp3) is 0.143. The van der Waals surface area contributed by atoms with E-state index in [1.54, 1.807) is 0 Å². The molecule has 0 spiro atoms. The van der Waals surface area contributed by atoms with E-state index >= 15 is 0 Å². The van der Waals surface area contributed by atoms with Gasteiger partial charge in [-0.3, -0.25) is 0 Å². The first-order valence-corrected chi connectivity index (χ1v) is 13.8. The van der Waals surface area contributed by atoms with Gasteiger partial charge in [-0.25, -0.2) is 0 Å². The van der Waals surface area contributed by atoms with Crippen LogP contribution in [-0.4, -0.2) is 6.04 Å². The van der Waals surface area contributed by atoms with Gasteiger partial charge in [-0.15, -0.1) is 0 Å². The summed E-state index contributed by atoms with van der Waals surface area (Å²) in [7, 11) is 9.75. The van der Waals surface area contributed by atoms with Gasteiger partial charge in [0, 0.05) is 6.04 Å². The average molecular weight is 568 g/mol. The molecule has 26 heavy (non-hydrogen) atoms. The van der Waals surface area contributed by atoms with Crippen molar-refractivity contribution in [1.29, 1.82) is 0 Å². The van der Waals surface area contributed by atoms with Crippen molar-refractivity contribution in [3.63, 3.8) is 0 Å². The topological polar surface area (TPSA) is 52.0 Å². The third-order valence-corrected chi connectivity index (χ3v) is 4.39. The number of halogens is 2. The Kier molecular flexibility index (Phi) is 8.84. The van der Waals surface area contributed by atoms with Crippen LogP contribution in [-0.2, 0) is 28.4 Å². The molecule has 4 N–H and O–H groups in total. The normalized spacial score (nSPS) is 12.2. The average Bonchev–Trinajstić information content (AvgIpc) is 2.70. The quantitative estimate of drug-likeness (QED) is 0.464. The summed E-state index contributed by atoms with van der Waals surface area (Å²) in [4.78, 5) is 0. The third-order valence-electron chi connectivity index (χ3n) is 4.39. The van der Waals surface area contributed by atoms with E-state index in [1.165, 1.54) is 5.56 Å². The predicted octanol–water partition coefficient (Wildman–Crippen LogP) is 4.84. The number of hydrogen-bond acceptors (Lipinski definition) is 2. The molecule has 3 rings (SSSR count). The molecular weight excluding hydrogens is 546 g/mol. The van der Waals surface area contributed by atoms with Crippen molar-refractivity contribution in [3.8, 4) is 0 Å². The first kappa shape index (κ1) is 21.2. The Balaban J connectivity index is 0.000000758. The second-order valence-corrected chi connectivity index (χ2v) is 9.23. The van der Waals surface area contributed by atoms with Crippen LogP contribution in [0.2, 0.25) is 0 Å². The molecule has 5 heteroatoms.